The third-order valence-electron chi connectivity index (χ3n) is 4.55. The fourth-order valence-electron chi connectivity index (χ4n) is 3.05. The van der Waals surface area contributed by atoms with E-state index in [2.05, 4.69) is 5.32 Å². The minimum absolute atomic E-state index is 0.0597. The van der Waals surface area contributed by atoms with Crippen LogP contribution in [0.3, 0.4) is 0 Å². The van der Waals surface area contributed by atoms with E-state index in [4.69, 9.17) is 16.3 Å². The first-order valence-electron chi connectivity index (χ1n) is 8.83. The molecule has 2 aromatic carbocycles. The summed E-state index contributed by atoms with van der Waals surface area (Å²) in [4.78, 5) is 12.8. The third kappa shape index (κ3) is 4.34. The first-order valence-corrected chi connectivity index (χ1v) is 9.21. The number of alkyl halides is 2. The zero-order valence-corrected chi connectivity index (χ0v) is 16.4. The van der Waals surface area contributed by atoms with Gasteiger partial charge < -0.3 is 14.6 Å². The quantitative estimate of drug-likeness (QED) is 0.601. The zero-order valence-electron chi connectivity index (χ0n) is 15.6. The highest BCUT2D eigenvalue weighted by atomic mass is 35.5. The van der Waals surface area contributed by atoms with E-state index in [1.807, 2.05) is 16.7 Å². The zero-order chi connectivity index (χ0) is 20.3. The second-order valence-electron chi connectivity index (χ2n) is 6.63. The molecule has 0 bridgehead atoms. The van der Waals surface area contributed by atoms with Crippen LogP contribution in [0.1, 0.15) is 28.4 Å². The van der Waals surface area contributed by atoms with E-state index in [-0.39, 0.29) is 18.0 Å². The maximum absolute atomic E-state index is 13.3. The lowest BCUT2D eigenvalue weighted by Gasteiger charge is -2.11. The largest absolute Gasteiger partial charge is 0.383 e. The Hall–Kier alpha value is -2.44. The van der Waals surface area contributed by atoms with E-state index in [1.165, 1.54) is 12.1 Å². The Morgan fingerprint density at radius 3 is 2.57 bits per heavy atom. The van der Waals surface area contributed by atoms with Crippen LogP contribution in [0.5, 0.6) is 0 Å². The lowest BCUT2D eigenvalue weighted by molar-refractivity contribution is 0.0174. The summed E-state index contributed by atoms with van der Waals surface area (Å²) in [6.45, 7) is 2.18. The summed E-state index contributed by atoms with van der Waals surface area (Å²) in [5, 5.41) is 4.01. The molecule has 1 N–H and O–H groups in total. The number of nitrogens with zero attached hydrogens (tertiary/aromatic N) is 1. The van der Waals surface area contributed by atoms with Crippen LogP contribution in [0.15, 0.2) is 48.7 Å². The van der Waals surface area contributed by atoms with E-state index < -0.39 is 5.92 Å². The molecule has 0 spiro atoms. The number of ether oxygens (including phenoxy) is 1. The fourth-order valence-corrected chi connectivity index (χ4v) is 3.32. The monoisotopic (exact) mass is 406 g/mol. The van der Waals surface area contributed by atoms with Gasteiger partial charge in [-0.15, -0.1) is 0 Å². The Balaban J connectivity index is 1.80. The van der Waals surface area contributed by atoms with Crippen molar-refractivity contribution in [3.63, 3.8) is 0 Å². The summed E-state index contributed by atoms with van der Waals surface area (Å²) < 4.78 is 33.7. The fraction of sp³-hybridized carbons (Fsp3) is 0.286. The van der Waals surface area contributed by atoms with Crippen molar-refractivity contribution in [2.45, 2.75) is 25.9 Å². The number of methoxy groups -OCH3 is 1. The summed E-state index contributed by atoms with van der Waals surface area (Å²) in [6, 6.07) is 11.4. The molecule has 1 aromatic heterocycles. The Kier molecular flexibility index (Phi) is 6.01. The summed E-state index contributed by atoms with van der Waals surface area (Å²) in [7, 11) is 1.62. The molecule has 3 aromatic rings. The molecule has 0 fully saturated rings. The van der Waals surface area contributed by atoms with E-state index >= 15 is 0 Å². The minimum Gasteiger partial charge on any atom is -0.383 e. The highest BCUT2D eigenvalue weighted by molar-refractivity contribution is 6.36. The van der Waals surface area contributed by atoms with Crippen LogP contribution < -0.4 is 5.32 Å². The van der Waals surface area contributed by atoms with Gasteiger partial charge in [-0.25, -0.2) is 8.78 Å². The lowest BCUT2D eigenvalue weighted by atomic mass is 10.1. The average molecular weight is 407 g/mol. The van der Waals surface area contributed by atoms with Crippen molar-refractivity contribution in [3.05, 3.63) is 70.4 Å². The topological polar surface area (TPSA) is 43.3 Å². The predicted octanol–water partition coefficient (Wildman–Crippen LogP) is 4.98. The van der Waals surface area contributed by atoms with Crippen LogP contribution >= 0.6 is 11.6 Å². The van der Waals surface area contributed by atoms with Crippen LogP contribution in [0, 0.1) is 0 Å². The summed E-state index contributed by atoms with van der Waals surface area (Å²) in [5.41, 5.74) is 1.99. The van der Waals surface area contributed by atoms with Gasteiger partial charge in [-0.2, -0.15) is 0 Å². The van der Waals surface area contributed by atoms with Gasteiger partial charge in [-0.1, -0.05) is 41.9 Å². The van der Waals surface area contributed by atoms with Crippen LogP contribution in [0.2, 0.25) is 5.02 Å². The van der Waals surface area contributed by atoms with Gasteiger partial charge in [-0.05, 0) is 17.7 Å². The number of aromatic nitrogens is 1. The predicted molar refractivity (Wildman–Crippen MR) is 106 cm³/mol. The number of rotatable bonds is 7. The molecule has 0 aliphatic carbocycles. The van der Waals surface area contributed by atoms with Crippen molar-refractivity contribution >= 4 is 28.4 Å². The molecule has 4 nitrogen and oxygen atoms in total. The lowest BCUT2D eigenvalue weighted by Crippen LogP contribution is -2.22. The van der Waals surface area contributed by atoms with Gasteiger partial charge in [0.25, 0.3) is 11.8 Å². The number of halogens is 3. The van der Waals surface area contributed by atoms with Gasteiger partial charge >= 0.3 is 0 Å². The molecule has 0 atom stereocenters. The van der Waals surface area contributed by atoms with Crippen LogP contribution in [0.25, 0.3) is 10.9 Å². The molecule has 0 aliphatic heterocycles. The molecule has 0 saturated carbocycles. The molecular weight excluding hydrogens is 386 g/mol. The van der Waals surface area contributed by atoms with Gasteiger partial charge in [0.2, 0.25) is 0 Å². The highest BCUT2D eigenvalue weighted by Crippen LogP contribution is 2.29. The van der Waals surface area contributed by atoms with Crippen LogP contribution in [-0.2, 0) is 23.7 Å². The Morgan fingerprint density at radius 1 is 1.21 bits per heavy atom. The number of hydrogen-bond donors (Lipinski definition) is 1. The van der Waals surface area contributed by atoms with Crippen LogP contribution in [0.4, 0.5) is 8.78 Å². The summed E-state index contributed by atoms with van der Waals surface area (Å²) >= 11 is 6.34. The normalized spacial score (nSPS) is 11.8. The summed E-state index contributed by atoms with van der Waals surface area (Å²) in [5.74, 6) is -3.16. The molecule has 148 valence electrons. The maximum atomic E-state index is 13.3. The third-order valence-corrected chi connectivity index (χ3v) is 4.87. The van der Waals surface area contributed by atoms with Crippen molar-refractivity contribution in [2.24, 2.45) is 0 Å². The molecule has 1 amide bonds. The first kappa shape index (κ1) is 20.3. The van der Waals surface area contributed by atoms with Gasteiger partial charge in [-0.3, -0.25) is 4.79 Å². The Bertz CT molecular complexity index is 978. The van der Waals surface area contributed by atoms with Gasteiger partial charge in [0.15, 0.2) is 0 Å². The van der Waals surface area contributed by atoms with E-state index in [1.54, 1.807) is 31.5 Å². The molecule has 0 aliphatic rings. The number of carbonyl (C=O) groups excluding carboxylic acids is 1. The van der Waals surface area contributed by atoms with Gasteiger partial charge in [0, 0.05) is 44.3 Å². The second-order valence-corrected chi connectivity index (χ2v) is 7.04. The number of nitrogens with one attached hydrogen (secondary N) is 1. The van der Waals surface area contributed by atoms with Crippen molar-refractivity contribution in [1.29, 1.82) is 0 Å². The number of benzene rings is 2. The summed E-state index contributed by atoms with van der Waals surface area (Å²) in [6.07, 6.45) is 1.76. The van der Waals surface area contributed by atoms with Gasteiger partial charge in [0.05, 0.1) is 22.7 Å². The molecule has 7 heteroatoms. The Morgan fingerprint density at radius 2 is 1.93 bits per heavy atom. The second kappa shape index (κ2) is 8.29. The maximum Gasteiger partial charge on any atom is 0.270 e. The first-order chi connectivity index (χ1) is 13.3. The molecule has 0 radical (unpaired) electrons. The standard InChI is InChI=1S/C21H21ClF2N2O2/c1-21(23,24)15-8-6-14(7-9-15)12-25-20(27)16-13-26(10-11-28-2)18-5-3-4-17(22)19(16)18/h3-9,13H,10-12H2,1-2H3,(H,25,27). The number of carbonyl (C=O) groups is 1. The van der Waals surface area contributed by atoms with Crippen molar-refractivity contribution in [3.8, 4) is 0 Å². The Labute approximate surface area is 167 Å². The molecule has 0 saturated heterocycles. The molecule has 0 unspecified atom stereocenters. The van der Waals surface area contributed by atoms with Crippen molar-refractivity contribution in [1.82, 2.24) is 9.88 Å². The smallest absolute Gasteiger partial charge is 0.270 e. The average Bonchev–Trinajstić information content (AvgIpc) is 3.04. The highest BCUT2D eigenvalue weighted by Gasteiger charge is 2.23. The molecule has 1 heterocycles. The van der Waals surface area contributed by atoms with Crippen molar-refractivity contribution < 1.29 is 18.3 Å². The number of fused-ring (bicyclic) bond motifs is 1. The number of amides is 1. The SMILES string of the molecule is COCCn1cc(C(=O)NCc2ccc(C(C)(F)F)cc2)c2c(Cl)cccc21. The van der Waals surface area contributed by atoms with Crippen molar-refractivity contribution in [2.75, 3.05) is 13.7 Å². The molecular formula is C21H21ClF2N2O2. The molecule has 28 heavy (non-hydrogen) atoms. The minimum atomic E-state index is -2.89. The van der Waals surface area contributed by atoms with Gasteiger partial charge in [0.1, 0.15) is 0 Å². The van der Waals surface area contributed by atoms with E-state index in [9.17, 15) is 13.6 Å². The van der Waals surface area contributed by atoms with Crippen LogP contribution in [-0.4, -0.2) is 24.2 Å². The van der Waals surface area contributed by atoms with E-state index in [0.717, 1.165) is 18.0 Å². The number of hydrogen-bond acceptors (Lipinski definition) is 2. The molecule has 3 rings (SSSR count). The van der Waals surface area contributed by atoms with E-state index in [0.29, 0.717) is 29.1 Å².